The van der Waals surface area contributed by atoms with Crippen LogP contribution in [0.2, 0.25) is 0 Å². The topological polar surface area (TPSA) is 105 Å². The Hall–Kier alpha value is -2.35. The van der Waals surface area contributed by atoms with Crippen LogP contribution >= 0.6 is 11.3 Å². The molecule has 8 heteroatoms. The normalized spacial score (nSPS) is 20.7. The number of carboxylic acid groups (broad SMARTS) is 1. The zero-order valence-corrected chi connectivity index (χ0v) is 12.4. The van der Waals surface area contributed by atoms with Crippen LogP contribution in [0.25, 0.3) is 10.7 Å². The first-order valence-corrected chi connectivity index (χ1v) is 7.77. The number of thiazole rings is 1. The van der Waals surface area contributed by atoms with E-state index in [4.69, 9.17) is 5.11 Å². The van der Waals surface area contributed by atoms with E-state index in [1.54, 1.807) is 24.0 Å². The second-order valence-electron chi connectivity index (χ2n) is 5.15. The molecule has 0 spiro atoms. The lowest BCUT2D eigenvalue weighted by atomic mass is 10.1. The molecule has 0 aliphatic heterocycles. The van der Waals surface area contributed by atoms with E-state index in [1.165, 1.54) is 11.3 Å². The van der Waals surface area contributed by atoms with Crippen molar-refractivity contribution in [2.75, 3.05) is 0 Å². The maximum atomic E-state index is 12.2. The number of carboxylic acids is 1. The summed E-state index contributed by atoms with van der Waals surface area (Å²) in [6, 6.07) is -0.102. The monoisotopic (exact) mass is 318 g/mol. The molecule has 2 N–H and O–H groups in total. The van der Waals surface area contributed by atoms with Crippen LogP contribution in [-0.2, 0) is 4.79 Å². The summed E-state index contributed by atoms with van der Waals surface area (Å²) in [7, 11) is 0. The molecule has 0 unspecified atom stereocenters. The Balaban J connectivity index is 1.64. The maximum absolute atomic E-state index is 12.2. The molecule has 2 atom stereocenters. The SMILES string of the molecule is O=C(N[C@@H]1CC[C@H](C(=O)O)C1)c1csc(-c2cnccn2)n1. The highest BCUT2D eigenvalue weighted by atomic mass is 32.1. The van der Waals surface area contributed by atoms with Crippen LogP contribution in [-0.4, -0.2) is 38.0 Å². The van der Waals surface area contributed by atoms with Crippen molar-refractivity contribution in [2.24, 2.45) is 5.92 Å². The van der Waals surface area contributed by atoms with E-state index in [-0.39, 0.29) is 17.9 Å². The van der Waals surface area contributed by atoms with Gasteiger partial charge in [0.15, 0.2) is 0 Å². The summed E-state index contributed by atoms with van der Waals surface area (Å²) in [6.45, 7) is 0. The summed E-state index contributed by atoms with van der Waals surface area (Å²) in [5, 5.41) is 14.1. The van der Waals surface area contributed by atoms with E-state index >= 15 is 0 Å². The van der Waals surface area contributed by atoms with E-state index in [2.05, 4.69) is 20.3 Å². The average molecular weight is 318 g/mol. The summed E-state index contributed by atoms with van der Waals surface area (Å²) in [4.78, 5) is 35.5. The van der Waals surface area contributed by atoms with Gasteiger partial charge < -0.3 is 10.4 Å². The number of aliphatic carboxylic acids is 1. The van der Waals surface area contributed by atoms with Crippen molar-refractivity contribution in [3.05, 3.63) is 29.7 Å². The molecule has 1 aliphatic rings. The molecule has 0 saturated heterocycles. The molecule has 22 heavy (non-hydrogen) atoms. The number of hydrogen-bond donors (Lipinski definition) is 2. The van der Waals surface area contributed by atoms with Crippen LogP contribution in [0, 0.1) is 5.92 Å². The lowest BCUT2D eigenvalue weighted by Crippen LogP contribution is -2.33. The third kappa shape index (κ3) is 3.11. The summed E-state index contributed by atoms with van der Waals surface area (Å²) in [5.74, 6) is -1.44. The van der Waals surface area contributed by atoms with Crippen molar-refractivity contribution < 1.29 is 14.7 Å². The van der Waals surface area contributed by atoms with Gasteiger partial charge in [-0.2, -0.15) is 0 Å². The smallest absolute Gasteiger partial charge is 0.306 e. The molecular formula is C14H14N4O3S. The highest BCUT2D eigenvalue weighted by molar-refractivity contribution is 7.13. The van der Waals surface area contributed by atoms with Gasteiger partial charge in [0, 0.05) is 23.8 Å². The molecule has 1 fully saturated rings. The van der Waals surface area contributed by atoms with Gasteiger partial charge in [-0.15, -0.1) is 11.3 Å². The molecule has 2 aromatic heterocycles. The van der Waals surface area contributed by atoms with Gasteiger partial charge in [-0.25, -0.2) is 4.98 Å². The molecule has 7 nitrogen and oxygen atoms in total. The maximum Gasteiger partial charge on any atom is 0.306 e. The fraction of sp³-hybridized carbons (Fsp3) is 0.357. The van der Waals surface area contributed by atoms with Gasteiger partial charge in [0.05, 0.1) is 12.1 Å². The van der Waals surface area contributed by atoms with Crippen LogP contribution in [0.5, 0.6) is 0 Å². The number of carbonyl (C=O) groups excluding carboxylic acids is 1. The first-order valence-electron chi connectivity index (χ1n) is 6.89. The number of carbonyl (C=O) groups is 2. The highest BCUT2D eigenvalue weighted by Crippen LogP contribution is 2.26. The number of rotatable bonds is 4. The Morgan fingerprint density at radius 1 is 1.32 bits per heavy atom. The molecule has 3 rings (SSSR count). The summed E-state index contributed by atoms with van der Waals surface area (Å²) >= 11 is 1.33. The van der Waals surface area contributed by atoms with E-state index in [1.807, 2.05) is 0 Å². The van der Waals surface area contributed by atoms with Gasteiger partial charge in [-0.3, -0.25) is 19.6 Å². The van der Waals surface area contributed by atoms with Gasteiger partial charge in [0.2, 0.25) is 0 Å². The molecule has 1 amide bonds. The third-order valence-electron chi connectivity index (χ3n) is 3.64. The molecule has 2 heterocycles. The van der Waals surface area contributed by atoms with Gasteiger partial charge in [-0.1, -0.05) is 0 Å². The number of nitrogens with zero attached hydrogens (tertiary/aromatic N) is 3. The summed E-state index contributed by atoms with van der Waals surface area (Å²) in [6.07, 6.45) is 6.49. The summed E-state index contributed by atoms with van der Waals surface area (Å²) < 4.78 is 0. The van der Waals surface area contributed by atoms with E-state index < -0.39 is 5.97 Å². The van der Waals surface area contributed by atoms with Crippen molar-refractivity contribution in [1.29, 1.82) is 0 Å². The summed E-state index contributed by atoms with van der Waals surface area (Å²) in [5.41, 5.74) is 0.947. The van der Waals surface area contributed by atoms with Gasteiger partial charge in [0.25, 0.3) is 5.91 Å². The van der Waals surface area contributed by atoms with Crippen molar-refractivity contribution in [3.8, 4) is 10.7 Å². The van der Waals surface area contributed by atoms with Crippen molar-refractivity contribution in [3.63, 3.8) is 0 Å². The molecule has 0 radical (unpaired) electrons. The Bertz CT molecular complexity index is 688. The van der Waals surface area contributed by atoms with Crippen LogP contribution in [0.4, 0.5) is 0 Å². The zero-order chi connectivity index (χ0) is 15.5. The molecule has 0 bridgehead atoms. The van der Waals surface area contributed by atoms with E-state index in [0.717, 1.165) is 0 Å². The van der Waals surface area contributed by atoms with Gasteiger partial charge >= 0.3 is 5.97 Å². The van der Waals surface area contributed by atoms with E-state index in [0.29, 0.717) is 35.7 Å². The molecule has 1 aliphatic carbocycles. The Kier molecular flexibility index (Phi) is 4.10. The fourth-order valence-electron chi connectivity index (χ4n) is 2.50. The predicted molar refractivity (Wildman–Crippen MR) is 79.4 cm³/mol. The van der Waals surface area contributed by atoms with Crippen LogP contribution in [0.3, 0.4) is 0 Å². The fourth-order valence-corrected chi connectivity index (χ4v) is 3.26. The van der Waals surface area contributed by atoms with Gasteiger partial charge in [-0.05, 0) is 19.3 Å². The molecule has 0 aromatic carbocycles. The molecule has 114 valence electrons. The first-order chi connectivity index (χ1) is 10.6. The van der Waals surface area contributed by atoms with E-state index in [9.17, 15) is 9.59 Å². The lowest BCUT2D eigenvalue weighted by molar-refractivity contribution is -0.141. The van der Waals surface area contributed by atoms with Crippen molar-refractivity contribution >= 4 is 23.2 Å². The lowest BCUT2D eigenvalue weighted by Gasteiger charge is -2.10. The first kappa shape index (κ1) is 14.6. The minimum atomic E-state index is -0.796. The third-order valence-corrected chi connectivity index (χ3v) is 4.50. The molecule has 2 aromatic rings. The Morgan fingerprint density at radius 3 is 2.86 bits per heavy atom. The molecule has 1 saturated carbocycles. The Morgan fingerprint density at radius 2 is 2.18 bits per heavy atom. The standard InChI is InChI=1S/C14H14N4O3S/c19-12(17-9-2-1-8(5-9)14(20)21)11-7-22-13(18-11)10-6-15-3-4-16-10/h3-4,6-9H,1-2,5H2,(H,17,19)(H,20,21)/t8-,9+/m0/s1. The zero-order valence-electron chi connectivity index (χ0n) is 11.6. The number of aromatic nitrogens is 3. The van der Waals surface area contributed by atoms with Crippen LogP contribution in [0.1, 0.15) is 29.8 Å². The second-order valence-corrected chi connectivity index (χ2v) is 6.01. The number of nitrogens with one attached hydrogen (secondary N) is 1. The van der Waals surface area contributed by atoms with Gasteiger partial charge in [0.1, 0.15) is 16.4 Å². The number of hydrogen-bond acceptors (Lipinski definition) is 6. The van der Waals surface area contributed by atoms with Crippen LogP contribution < -0.4 is 5.32 Å². The quantitative estimate of drug-likeness (QED) is 0.887. The van der Waals surface area contributed by atoms with Crippen molar-refractivity contribution in [2.45, 2.75) is 25.3 Å². The minimum absolute atomic E-state index is 0.102. The minimum Gasteiger partial charge on any atom is -0.481 e. The Labute approximate surface area is 130 Å². The predicted octanol–water partition coefficient (Wildman–Crippen LogP) is 1.58. The average Bonchev–Trinajstić information content (AvgIpc) is 3.17. The largest absolute Gasteiger partial charge is 0.481 e. The number of amides is 1. The van der Waals surface area contributed by atoms with Crippen LogP contribution in [0.15, 0.2) is 24.0 Å². The highest BCUT2D eigenvalue weighted by Gasteiger charge is 2.31. The molecular weight excluding hydrogens is 304 g/mol. The second kappa shape index (κ2) is 6.18. The van der Waals surface area contributed by atoms with Crippen molar-refractivity contribution in [1.82, 2.24) is 20.3 Å².